The van der Waals surface area contributed by atoms with Crippen LogP contribution in [0.3, 0.4) is 0 Å². The standard InChI is InChI=1S/C20H21F2N3O5S/c1-13(30-15-6-9-17(21)18(22)12-15)19(26)23-24-20(27)14-4-7-16(8-5-14)31(28,29)25-10-2-3-11-25/h4-9,12-13H,2-3,10-11H2,1H3,(H,23,26)(H,24,27). The van der Waals surface area contributed by atoms with Crippen LogP contribution in [0.1, 0.15) is 30.1 Å². The molecule has 8 nitrogen and oxygen atoms in total. The Balaban J connectivity index is 1.55. The lowest BCUT2D eigenvalue weighted by Gasteiger charge is -2.16. The summed E-state index contributed by atoms with van der Waals surface area (Å²) in [5.41, 5.74) is 4.48. The Hall–Kier alpha value is -3.05. The van der Waals surface area contributed by atoms with E-state index in [1.165, 1.54) is 41.6 Å². The van der Waals surface area contributed by atoms with E-state index in [0.717, 1.165) is 25.0 Å². The van der Waals surface area contributed by atoms with Gasteiger partial charge < -0.3 is 4.74 Å². The van der Waals surface area contributed by atoms with Crippen molar-refractivity contribution in [2.45, 2.75) is 30.8 Å². The predicted octanol–water partition coefficient (Wildman–Crippen LogP) is 1.98. The van der Waals surface area contributed by atoms with Gasteiger partial charge in [-0.25, -0.2) is 17.2 Å². The number of carbonyl (C=O) groups is 2. The molecule has 2 aromatic rings. The van der Waals surface area contributed by atoms with Gasteiger partial charge in [0.1, 0.15) is 5.75 Å². The van der Waals surface area contributed by atoms with Crippen molar-refractivity contribution in [2.24, 2.45) is 0 Å². The van der Waals surface area contributed by atoms with Crippen LogP contribution in [-0.2, 0) is 14.8 Å². The van der Waals surface area contributed by atoms with E-state index in [1.54, 1.807) is 0 Å². The third-order valence-electron chi connectivity index (χ3n) is 4.69. The highest BCUT2D eigenvalue weighted by Gasteiger charge is 2.27. The van der Waals surface area contributed by atoms with Crippen LogP contribution in [0, 0.1) is 11.6 Å². The van der Waals surface area contributed by atoms with Gasteiger partial charge >= 0.3 is 0 Å². The van der Waals surface area contributed by atoms with E-state index >= 15 is 0 Å². The number of hydrogen-bond donors (Lipinski definition) is 2. The molecule has 1 fully saturated rings. The van der Waals surface area contributed by atoms with Crippen LogP contribution in [0.25, 0.3) is 0 Å². The lowest BCUT2D eigenvalue weighted by atomic mass is 10.2. The first-order chi connectivity index (χ1) is 14.7. The van der Waals surface area contributed by atoms with E-state index in [1.807, 2.05) is 0 Å². The Kier molecular flexibility index (Phi) is 6.86. The van der Waals surface area contributed by atoms with Crippen molar-refractivity contribution in [3.05, 3.63) is 59.7 Å². The maximum Gasteiger partial charge on any atom is 0.279 e. The number of halogens is 2. The summed E-state index contributed by atoms with van der Waals surface area (Å²) >= 11 is 0. The second-order valence-corrected chi connectivity index (χ2v) is 8.85. The molecule has 0 radical (unpaired) electrons. The van der Waals surface area contributed by atoms with E-state index in [0.29, 0.717) is 13.1 Å². The van der Waals surface area contributed by atoms with E-state index in [9.17, 15) is 26.8 Å². The zero-order chi connectivity index (χ0) is 22.6. The zero-order valence-corrected chi connectivity index (χ0v) is 17.4. The molecular weight excluding hydrogens is 432 g/mol. The minimum absolute atomic E-state index is 0.0531. The highest BCUT2D eigenvalue weighted by atomic mass is 32.2. The fourth-order valence-corrected chi connectivity index (χ4v) is 4.47. The largest absolute Gasteiger partial charge is 0.481 e. The van der Waals surface area contributed by atoms with Gasteiger partial charge in [-0.3, -0.25) is 20.4 Å². The number of nitrogens with one attached hydrogen (secondary N) is 2. The molecule has 2 amide bonds. The summed E-state index contributed by atoms with van der Waals surface area (Å²) in [7, 11) is -3.59. The van der Waals surface area contributed by atoms with E-state index in [-0.39, 0.29) is 16.2 Å². The van der Waals surface area contributed by atoms with E-state index in [2.05, 4.69) is 10.9 Å². The van der Waals surface area contributed by atoms with Crippen LogP contribution < -0.4 is 15.6 Å². The third-order valence-corrected chi connectivity index (χ3v) is 6.60. The molecule has 1 aliphatic heterocycles. The van der Waals surface area contributed by atoms with Gasteiger partial charge in [0.2, 0.25) is 10.0 Å². The van der Waals surface area contributed by atoms with Gasteiger partial charge in [0.25, 0.3) is 11.8 Å². The zero-order valence-electron chi connectivity index (χ0n) is 16.6. The monoisotopic (exact) mass is 453 g/mol. The van der Waals surface area contributed by atoms with Crippen LogP contribution in [0.5, 0.6) is 5.75 Å². The molecule has 31 heavy (non-hydrogen) atoms. The number of rotatable bonds is 6. The van der Waals surface area contributed by atoms with Crippen molar-refractivity contribution < 1.29 is 31.5 Å². The van der Waals surface area contributed by atoms with Crippen molar-refractivity contribution in [1.82, 2.24) is 15.2 Å². The number of ether oxygens (including phenoxy) is 1. The number of carbonyl (C=O) groups excluding carboxylic acids is 2. The van der Waals surface area contributed by atoms with Gasteiger partial charge in [-0.15, -0.1) is 0 Å². The van der Waals surface area contributed by atoms with Gasteiger partial charge in [-0.1, -0.05) is 0 Å². The van der Waals surface area contributed by atoms with Crippen molar-refractivity contribution in [3.8, 4) is 5.75 Å². The molecule has 1 saturated heterocycles. The Morgan fingerprint density at radius 1 is 1.00 bits per heavy atom. The topological polar surface area (TPSA) is 105 Å². The van der Waals surface area contributed by atoms with Gasteiger partial charge in [-0.05, 0) is 56.2 Å². The Bertz CT molecular complexity index is 1070. The van der Waals surface area contributed by atoms with Crippen molar-refractivity contribution in [1.29, 1.82) is 0 Å². The highest BCUT2D eigenvalue weighted by molar-refractivity contribution is 7.89. The number of sulfonamides is 1. The quantitative estimate of drug-likeness (QED) is 0.651. The second kappa shape index (κ2) is 9.40. The summed E-state index contributed by atoms with van der Waals surface area (Å²) < 4.78 is 57.8. The molecule has 2 aromatic carbocycles. The Labute approximate surface area is 178 Å². The average Bonchev–Trinajstić information content (AvgIpc) is 3.30. The third kappa shape index (κ3) is 5.36. The molecule has 0 bridgehead atoms. The molecule has 0 aliphatic carbocycles. The van der Waals surface area contributed by atoms with Crippen LogP contribution >= 0.6 is 0 Å². The second-order valence-electron chi connectivity index (χ2n) is 6.91. The molecule has 11 heteroatoms. The molecule has 0 aromatic heterocycles. The summed E-state index contributed by atoms with van der Waals surface area (Å²) in [5, 5.41) is 0. The first-order valence-corrected chi connectivity index (χ1v) is 10.9. The minimum atomic E-state index is -3.59. The Morgan fingerprint density at radius 2 is 1.65 bits per heavy atom. The van der Waals surface area contributed by atoms with Crippen molar-refractivity contribution in [2.75, 3.05) is 13.1 Å². The van der Waals surface area contributed by atoms with E-state index in [4.69, 9.17) is 4.74 Å². The summed E-state index contributed by atoms with van der Waals surface area (Å²) in [6, 6.07) is 8.17. The van der Waals surface area contributed by atoms with Gasteiger partial charge in [0.15, 0.2) is 17.7 Å². The lowest BCUT2D eigenvalue weighted by molar-refractivity contribution is -0.128. The maximum absolute atomic E-state index is 13.2. The lowest BCUT2D eigenvalue weighted by Crippen LogP contribution is -2.47. The summed E-state index contributed by atoms with van der Waals surface area (Å²) in [5.74, 6) is -3.61. The summed E-state index contributed by atoms with van der Waals surface area (Å²) in [4.78, 5) is 24.4. The first kappa shape index (κ1) is 22.6. The molecule has 1 heterocycles. The number of nitrogens with zero attached hydrogens (tertiary/aromatic N) is 1. The minimum Gasteiger partial charge on any atom is -0.481 e. The van der Waals surface area contributed by atoms with Gasteiger partial charge in [0, 0.05) is 24.7 Å². The maximum atomic E-state index is 13.2. The fraction of sp³-hybridized carbons (Fsp3) is 0.300. The number of benzene rings is 2. The van der Waals surface area contributed by atoms with Crippen molar-refractivity contribution >= 4 is 21.8 Å². The van der Waals surface area contributed by atoms with Crippen LogP contribution in [0.2, 0.25) is 0 Å². The molecular formula is C20H21F2N3O5S. The molecule has 166 valence electrons. The van der Waals surface area contributed by atoms with Crippen molar-refractivity contribution in [3.63, 3.8) is 0 Å². The molecule has 1 unspecified atom stereocenters. The van der Waals surface area contributed by atoms with Gasteiger partial charge in [0.05, 0.1) is 4.90 Å². The summed E-state index contributed by atoms with van der Waals surface area (Å²) in [6.45, 7) is 2.31. The SMILES string of the molecule is CC(Oc1ccc(F)c(F)c1)C(=O)NNC(=O)c1ccc(S(=O)(=O)N2CCCC2)cc1. The van der Waals surface area contributed by atoms with Gasteiger partial charge in [-0.2, -0.15) is 4.31 Å². The van der Waals surface area contributed by atoms with Crippen LogP contribution in [-0.4, -0.2) is 43.7 Å². The molecule has 3 rings (SSSR count). The van der Waals surface area contributed by atoms with E-state index < -0.39 is 39.6 Å². The average molecular weight is 453 g/mol. The predicted molar refractivity (Wildman–Crippen MR) is 106 cm³/mol. The number of hydrogen-bond acceptors (Lipinski definition) is 5. The molecule has 0 spiro atoms. The van der Waals surface area contributed by atoms with Crippen LogP contribution in [0.15, 0.2) is 47.4 Å². The Morgan fingerprint density at radius 3 is 2.26 bits per heavy atom. The normalized spacial score (nSPS) is 15.3. The molecule has 1 atom stereocenters. The first-order valence-electron chi connectivity index (χ1n) is 9.50. The number of amides is 2. The smallest absolute Gasteiger partial charge is 0.279 e. The molecule has 0 saturated carbocycles. The summed E-state index contributed by atoms with van der Waals surface area (Å²) in [6.07, 6.45) is 0.521. The fourth-order valence-electron chi connectivity index (χ4n) is 2.96. The molecule has 1 aliphatic rings. The highest BCUT2D eigenvalue weighted by Crippen LogP contribution is 2.21. The van der Waals surface area contributed by atoms with Crippen LogP contribution in [0.4, 0.5) is 8.78 Å². The molecule has 2 N–H and O–H groups in total. The number of hydrazine groups is 1.